The summed E-state index contributed by atoms with van der Waals surface area (Å²) in [5.74, 6) is -0.153. The highest BCUT2D eigenvalue weighted by Gasteiger charge is 2.32. The van der Waals surface area contributed by atoms with E-state index in [0.29, 0.717) is 11.4 Å². The van der Waals surface area contributed by atoms with Gasteiger partial charge < -0.3 is 15.6 Å². The molecule has 112 valence electrons. The number of benzene rings is 1. The van der Waals surface area contributed by atoms with Crippen LogP contribution in [0.5, 0.6) is 0 Å². The Morgan fingerprint density at radius 2 is 2.19 bits per heavy atom. The maximum atomic E-state index is 12.6. The Balaban J connectivity index is 1.92. The minimum absolute atomic E-state index is 0.0150. The van der Waals surface area contributed by atoms with Crippen molar-refractivity contribution < 1.29 is 13.2 Å². The molecule has 0 spiro atoms. The number of hydrogen-bond donors (Lipinski definition) is 2. The summed E-state index contributed by atoms with van der Waals surface area (Å²) < 4.78 is 23.2. The molecule has 6 nitrogen and oxygen atoms in total. The molecule has 1 aliphatic heterocycles. The zero-order valence-electron chi connectivity index (χ0n) is 11.7. The van der Waals surface area contributed by atoms with E-state index in [9.17, 15) is 13.2 Å². The quantitative estimate of drug-likeness (QED) is 0.768. The number of fused-ring (bicyclic) bond motifs is 1. The summed E-state index contributed by atoms with van der Waals surface area (Å²) in [6.07, 6.45) is 0. The van der Waals surface area contributed by atoms with Crippen molar-refractivity contribution in [1.29, 1.82) is 0 Å². The molecule has 3 N–H and O–H groups in total. The van der Waals surface area contributed by atoms with Crippen LogP contribution in [0.25, 0.3) is 10.9 Å². The number of nitrogens with zero attached hydrogens (tertiary/aromatic N) is 1. The molecule has 21 heavy (non-hydrogen) atoms. The lowest BCUT2D eigenvalue weighted by atomic mass is 10.2. The zero-order chi connectivity index (χ0) is 15.2. The average Bonchev–Trinajstić information content (AvgIpc) is 2.82. The lowest BCUT2D eigenvalue weighted by Gasteiger charge is -2.32. The SMILES string of the molecule is CC1CS(=O)(=O)CCN1C(=O)c1cc2cccc(N)c2[nH]1. The summed E-state index contributed by atoms with van der Waals surface area (Å²) in [5.41, 5.74) is 7.63. The van der Waals surface area contributed by atoms with Gasteiger partial charge in [-0.2, -0.15) is 0 Å². The van der Waals surface area contributed by atoms with Gasteiger partial charge in [0.05, 0.1) is 22.7 Å². The minimum atomic E-state index is -3.04. The van der Waals surface area contributed by atoms with Crippen LogP contribution in [0.4, 0.5) is 5.69 Å². The number of carbonyl (C=O) groups is 1. The molecule has 1 aliphatic rings. The summed E-state index contributed by atoms with van der Waals surface area (Å²) in [6, 6.07) is 6.91. The second-order valence-corrected chi connectivity index (χ2v) is 7.69. The van der Waals surface area contributed by atoms with E-state index in [1.165, 1.54) is 0 Å². The second-order valence-electron chi connectivity index (χ2n) is 5.46. The molecule has 0 radical (unpaired) electrons. The number of H-pyrrole nitrogens is 1. The molecular weight excluding hydrogens is 290 g/mol. The lowest BCUT2D eigenvalue weighted by Crippen LogP contribution is -2.49. The third kappa shape index (κ3) is 2.49. The number of aromatic amines is 1. The van der Waals surface area contributed by atoms with Gasteiger partial charge in [-0.3, -0.25) is 4.79 Å². The molecule has 0 bridgehead atoms. The van der Waals surface area contributed by atoms with Gasteiger partial charge in [0.1, 0.15) is 5.69 Å². The first-order valence-corrected chi connectivity index (χ1v) is 8.58. The Kier molecular flexibility index (Phi) is 3.16. The number of anilines is 1. The van der Waals surface area contributed by atoms with E-state index in [-0.39, 0.29) is 30.0 Å². The highest BCUT2D eigenvalue weighted by Crippen LogP contribution is 2.23. The number of aromatic nitrogens is 1. The van der Waals surface area contributed by atoms with E-state index in [0.717, 1.165) is 10.9 Å². The van der Waals surface area contributed by atoms with Crippen LogP contribution in [0.3, 0.4) is 0 Å². The fourth-order valence-electron chi connectivity index (χ4n) is 2.75. The fourth-order valence-corrected chi connectivity index (χ4v) is 4.31. The number of nitrogens with one attached hydrogen (secondary N) is 1. The largest absolute Gasteiger partial charge is 0.397 e. The molecular formula is C14H17N3O3S. The second kappa shape index (κ2) is 4.77. The van der Waals surface area contributed by atoms with Gasteiger partial charge in [-0.05, 0) is 19.1 Å². The van der Waals surface area contributed by atoms with Gasteiger partial charge in [-0.25, -0.2) is 8.42 Å². The Morgan fingerprint density at radius 1 is 1.43 bits per heavy atom. The number of amides is 1. The summed E-state index contributed by atoms with van der Waals surface area (Å²) in [6.45, 7) is 1.98. The minimum Gasteiger partial charge on any atom is -0.397 e. The van der Waals surface area contributed by atoms with Crippen LogP contribution < -0.4 is 5.73 Å². The average molecular weight is 307 g/mol. The Labute approximate surface area is 122 Å². The van der Waals surface area contributed by atoms with E-state index in [1.807, 2.05) is 12.1 Å². The molecule has 2 aromatic rings. The first-order chi connectivity index (χ1) is 9.87. The maximum Gasteiger partial charge on any atom is 0.270 e. The number of hydrogen-bond acceptors (Lipinski definition) is 4. The maximum absolute atomic E-state index is 12.6. The molecule has 7 heteroatoms. The van der Waals surface area contributed by atoms with Crippen molar-refractivity contribution in [1.82, 2.24) is 9.88 Å². The van der Waals surface area contributed by atoms with Crippen molar-refractivity contribution in [3.05, 3.63) is 30.0 Å². The van der Waals surface area contributed by atoms with Gasteiger partial charge in [0.25, 0.3) is 5.91 Å². The molecule has 1 unspecified atom stereocenters. The van der Waals surface area contributed by atoms with Crippen LogP contribution in [0.2, 0.25) is 0 Å². The third-order valence-corrected chi connectivity index (χ3v) is 5.64. The van der Waals surface area contributed by atoms with Crippen molar-refractivity contribution in [3.63, 3.8) is 0 Å². The summed E-state index contributed by atoms with van der Waals surface area (Å²) >= 11 is 0. The molecule has 2 heterocycles. The van der Waals surface area contributed by atoms with Gasteiger partial charge in [0, 0.05) is 18.0 Å². The lowest BCUT2D eigenvalue weighted by molar-refractivity contribution is 0.0707. The van der Waals surface area contributed by atoms with Crippen molar-refractivity contribution in [2.45, 2.75) is 13.0 Å². The van der Waals surface area contributed by atoms with Crippen LogP contribution in [-0.4, -0.2) is 48.3 Å². The predicted molar refractivity (Wildman–Crippen MR) is 81.9 cm³/mol. The normalized spacial score (nSPS) is 21.6. The van der Waals surface area contributed by atoms with Crippen LogP contribution in [0.15, 0.2) is 24.3 Å². The summed E-state index contributed by atoms with van der Waals surface area (Å²) in [7, 11) is -3.04. The molecule has 0 saturated carbocycles. The first-order valence-electron chi connectivity index (χ1n) is 6.76. The summed E-state index contributed by atoms with van der Waals surface area (Å²) in [4.78, 5) is 17.2. The van der Waals surface area contributed by atoms with Crippen molar-refractivity contribution in [3.8, 4) is 0 Å². The predicted octanol–water partition coefficient (Wildman–Crippen LogP) is 1.01. The van der Waals surface area contributed by atoms with Gasteiger partial charge in [-0.15, -0.1) is 0 Å². The van der Waals surface area contributed by atoms with Crippen LogP contribution in [0.1, 0.15) is 17.4 Å². The Bertz CT molecular complexity index is 810. The number of sulfone groups is 1. The number of nitrogens with two attached hydrogens (primary N) is 1. The molecule has 1 fully saturated rings. The fraction of sp³-hybridized carbons (Fsp3) is 0.357. The number of nitrogen functional groups attached to an aromatic ring is 1. The Morgan fingerprint density at radius 3 is 2.86 bits per heavy atom. The number of para-hydroxylation sites is 1. The molecule has 1 aromatic carbocycles. The van der Waals surface area contributed by atoms with Gasteiger partial charge in [0.15, 0.2) is 9.84 Å². The van der Waals surface area contributed by atoms with E-state index in [1.54, 1.807) is 24.0 Å². The van der Waals surface area contributed by atoms with Gasteiger partial charge in [0.2, 0.25) is 0 Å². The zero-order valence-corrected chi connectivity index (χ0v) is 12.5. The smallest absolute Gasteiger partial charge is 0.270 e. The van der Waals surface area contributed by atoms with Gasteiger partial charge >= 0.3 is 0 Å². The first kappa shape index (κ1) is 13.9. The molecule has 1 saturated heterocycles. The van der Waals surface area contributed by atoms with E-state index in [2.05, 4.69) is 4.98 Å². The highest BCUT2D eigenvalue weighted by atomic mass is 32.2. The topological polar surface area (TPSA) is 96.3 Å². The Hall–Kier alpha value is -2.02. The van der Waals surface area contributed by atoms with E-state index < -0.39 is 9.84 Å². The summed E-state index contributed by atoms with van der Waals surface area (Å²) in [5, 5.41) is 0.871. The molecule has 1 atom stereocenters. The third-order valence-electron chi connectivity index (χ3n) is 3.85. The van der Waals surface area contributed by atoms with Crippen molar-refractivity contribution in [2.75, 3.05) is 23.8 Å². The van der Waals surface area contributed by atoms with Crippen LogP contribution >= 0.6 is 0 Å². The van der Waals surface area contributed by atoms with Crippen molar-refractivity contribution in [2.24, 2.45) is 0 Å². The molecule has 1 aromatic heterocycles. The standard InChI is InChI=1S/C14H17N3O3S/c1-9-8-21(19,20)6-5-17(9)14(18)12-7-10-3-2-4-11(15)13(10)16-12/h2-4,7,9,16H,5-6,8,15H2,1H3. The molecule has 3 rings (SSSR count). The number of rotatable bonds is 1. The van der Waals surface area contributed by atoms with Crippen molar-refractivity contribution >= 4 is 32.3 Å². The van der Waals surface area contributed by atoms with Gasteiger partial charge in [-0.1, -0.05) is 12.1 Å². The van der Waals surface area contributed by atoms with E-state index in [4.69, 9.17) is 5.73 Å². The van der Waals surface area contributed by atoms with Crippen LogP contribution in [0, 0.1) is 0 Å². The van der Waals surface area contributed by atoms with Crippen LogP contribution in [-0.2, 0) is 9.84 Å². The number of carbonyl (C=O) groups excluding carboxylic acids is 1. The monoisotopic (exact) mass is 307 g/mol. The highest BCUT2D eigenvalue weighted by molar-refractivity contribution is 7.91. The molecule has 1 amide bonds. The molecule has 0 aliphatic carbocycles. The van der Waals surface area contributed by atoms with E-state index >= 15 is 0 Å².